The van der Waals surface area contributed by atoms with Gasteiger partial charge in [-0.1, -0.05) is 50.1 Å². The molecular weight excluding hydrogens is 536 g/mol. The summed E-state index contributed by atoms with van der Waals surface area (Å²) in [6.45, 7) is 0. The first-order valence-electron chi connectivity index (χ1n) is 7.66. The van der Waals surface area contributed by atoms with Crippen molar-refractivity contribution >= 4 is 61.5 Å². The molecule has 0 saturated carbocycles. The summed E-state index contributed by atoms with van der Waals surface area (Å²) in [4.78, 5) is 52.3. The molecule has 11 nitrogen and oxygen atoms in total. The van der Waals surface area contributed by atoms with Gasteiger partial charge in [-0.05, 0) is 18.2 Å². The molecule has 13 heteroatoms. The van der Waals surface area contributed by atoms with Crippen LogP contribution in [-0.2, 0) is 4.74 Å². The first kappa shape index (κ1) is 24.8. The molecule has 2 aromatic rings. The van der Waals surface area contributed by atoms with Crippen LogP contribution in [0.5, 0.6) is 0 Å². The van der Waals surface area contributed by atoms with E-state index in [0.29, 0.717) is 5.56 Å². The maximum atomic E-state index is 11.4. The third kappa shape index (κ3) is 5.90. The zero-order chi connectivity index (χ0) is 23.0. The number of aromatic carboxylic acids is 1. The Morgan fingerprint density at radius 1 is 1.03 bits per heavy atom. The van der Waals surface area contributed by atoms with E-state index in [1.807, 2.05) is 0 Å². The minimum Gasteiger partial charge on any atom is -0.477 e. The van der Waals surface area contributed by atoms with Crippen molar-refractivity contribution in [3.8, 4) is 0 Å². The van der Waals surface area contributed by atoms with Crippen molar-refractivity contribution in [2.24, 2.45) is 0 Å². The molecule has 0 atom stereocenters. The van der Waals surface area contributed by atoms with E-state index < -0.39 is 36.8 Å². The van der Waals surface area contributed by atoms with E-state index in [1.54, 1.807) is 12.1 Å². The number of halogens is 2. The Balaban J connectivity index is 0.000000303. The molecule has 0 radical (unpaired) electrons. The molecule has 0 aromatic heterocycles. The lowest BCUT2D eigenvalue weighted by molar-refractivity contribution is -0.385. The van der Waals surface area contributed by atoms with Gasteiger partial charge in [-0.15, -0.1) is 0 Å². The second kappa shape index (κ2) is 11.1. The van der Waals surface area contributed by atoms with Crippen LogP contribution in [-0.4, -0.2) is 40.3 Å². The summed E-state index contributed by atoms with van der Waals surface area (Å²) in [5.41, 5.74) is -1.35. The molecule has 0 aliphatic carbocycles. The van der Waals surface area contributed by atoms with Crippen molar-refractivity contribution < 1.29 is 34.1 Å². The number of alkyl halides is 2. The van der Waals surface area contributed by atoms with Crippen LogP contribution in [0.2, 0.25) is 0 Å². The molecular formula is C17H12Br2N2O9. The van der Waals surface area contributed by atoms with Gasteiger partial charge in [0.15, 0.2) is 6.29 Å². The molecule has 0 bridgehead atoms. The number of carboxylic acids is 1. The number of benzene rings is 2. The number of aldehydes is 1. The van der Waals surface area contributed by atoms with Gasteiger partial charge >= 0.3 is 11.9 Å². The number of nitro groups is 2. The number of nitrogens with zero attached hydrogens (tertiary/aromatic N) is 2. The van der Waals surface area contributed by atoms with Crippen LogP contribution in [0.15, 0.2) is 36.4 Å². The first-order valence-corrected chi connectivity index (χ1v) is 9.49. The third-order valence-electron chi connectivity index (χ3n) is 3.50. The Bertz CT molecular complexity index is 1010. The zero-order valence-corrected chi connectivity index (χ0v) is 18.2. The third-order valence-corrected chi connectivity index (χ3v) is 4.48. The Hall–Kier alpha value is -3.19. The van der Waals surface area contributed by atoms with Gasteiger partial charge in [0.2, 0.25) is 0 Å². The average molecular weight is 548 g/mol. The Kier molecular flexibility index (Phi) is 9.20. The van der Waals surface area contributed by atoms with Crippen molar-refractivity contribution in [3.05, 3.63) is 78.9 Å². The highest BCUT2D eigenvalue weighted by Crippen LogP contribution is 2.37. The number of methoxy groups -OCH3 is 1. The minimum absolute atomic E-state index is 0.0612. The molecule has 0 fully saturated rings. The van der Waals surface area contributed by atoms with Crippen molar-refractivity contribution in [3.63, 3.8) is 0 Å². The summed E-state index contributed by atoms with van der Waals surface area (Å²) in [6, 6.07) is 8.02. The molecule has 0 saturated heterocycles. The Morgan fingerprint density at radius 3 is 2.00 bits per heavy atom. The fourth-order valence-corrected chi connectivity index (χ4v) is 2.99. The molecule has 158 valence electrons. The predicted molar refractivity (Wildman–Crippen MR) is 110 cm³/mol. The summed E-state index contributed by atoms with van der Waals surface area (Å²) in [6.07, 6.45) is 0.255. The van der Waals surface area contributed by atoms with E-state index in [9.17, 15) is 34.6 Å². The number of nitro benzene ring substituents is 2. The lowest BCUT2D eigenvalue weighted by atomic mass is 10.1. The number of carboxylic acid groups (broad SMARTS) is 1. The molecule has 0 spiro atoms. The predicted octanol–water partition coefficient (Wildman–Crippen LogP) is 4.28. The van der Waals surface area contributed by atoms with Crippen LogP contribution in [0.3, 0.4) is 0 Å². The van der Waals surface area contributed by atoms with Crippen molar-refractivity contribution in [2.75, 3.05) is 7.11 Å². The number of ether oxygens (including phenoxy) is 1. The van der Waals surface area contributed by atoms with Crippen LogP contribution >= 0.6 is 31.9 Å². The second-order valence-electron chi connectivity index (χ2n) is 5.22. The molecule has 1 N–H and O–H groups in total. The number of carbonyl (C=O) groups excluding carboxylic acids is 2. The summed E-state index contributed by atoms with van der Waals surface area (Å²) < 4.78 is 4.09. The number of carbonyl (C=O) groups is 3. The van der Waals surface area contributed by atoms with Gasteiger partial charge in [0.05, 0.1) is 28.1 Å². The molecule has 30 heavy (non-hydrogen) atoms. The van der Waals surface area contributed by atoms with E-state index in [-0.39, 0.29) is 23.1 Å². The minimum atomic E-state index is -1.43. The Labute approximate surface area is 185 Å². The summed E-state index contributed by atoms with van der Waals surface area (Å²) in [5, 5.41) is 30.0. The largest absolute Gasteiger partial charge is 0.477 e. The van der Waals surface area contributed by atoms with Crippen LogP contribution in [0.25, 0.3) is 0 Å². The number of rotatable bonds is 6. The molecule has 0 aliphatic heterocycles. The van der Waals surface area contributed by atoms with E-state index in [4.69, 9.17) is 5.11 Å². The number of para-hydroxylation sites is 2. The van der Waals surface area contributed by atoms with Crippen LogP contribution in [0.1, 0.15) is 40.4 Å². The highest BCUT2D eigenvalue weighted by molar-refractivity contribution is 9.24. The monoisotopic (exact) mass is 546 g/mol. The normalized spacial score (nSPS) is 9.87. The topological polar surface area (TPSA) is 167 Å². The molecule has 0 aliphatic rings. The van der Waals surface area contributed by atoms with Crippen LogP contribution < -0.4 is 0 Å². The lowest BCUT2D eigenvalue weighted by Gasteiger charge is -2.07. The molecule has 2 aromatic carbocycles. The summed E-state index contributed by atoms with van der Waals surface area (Å²) in [5.74, 6) is -2.16. The molecule has 0 unspecified atom stereocenters. The number of esters is 1. The SMILES string of the molecule is COC(=O)c1cccc(C(Br)Br)c1[N+](=O)[O-].O=Cc1cccc(C(=O)O)c1[N+](=O)[O-]. The van der Waals surface area contributed by atoms with E-state index in [1.165, 1.54) is 25.3 Å². The smallest absolute Gasteiger partial charge is 0.344 e. The zero-order valence-electron chi connectivity index (χ0n) is 15.0. The standard InChI is InChI=1S/C9H7Br2NO4.C8H5NO5/c1-16-9(13)6-4-2-3-5(8(10)11)7(6)12(14)15;10-4-5-2-1-3-6(8(11)12)7(5)9(13)14/h2-4,8H,1H3;1-4H,(H,11,12). The molecule has 0 amide bonds. The van der Waals surface area contributed by atoms with Gasteiger partial charge in [0.1, 0.15) is 14.9 Å². The van der Waals surface area contributed by atoms with Gasteiger partial charge in [-0.2, -0.15) is 0 Å². The highest BCUT2D eigenvalue weighted by Gasteiger charge is 2.27. The van der Waals surface area contributed by atoms with Crippen molar-refractivity contribution in [1.82, 2.24) is 0 Å². The lowest BCUT2D eigenvalue weighted by Crippen LogP contribution is -2.07. The van der Waals surface area contributed by atoms with Crippen LogP contribution in [0.4, 0.5) is 11.4 Å². The van der Waals surface area contributed by atoms with Crippen molar-refractivity contribution in [1.29, 1.82) is 0 Å². The van der Waals surface area contributed by atoms with E-state index >= 15 is 0 Å². The average Bonchev–Trinajstić information content (AvgIpc) is 2.71. The van der Waals surface area contributed by atoms with Crippen molar-refractivity contribution in [2.45, 2.75) is 3.74 Å². The van der Waals surface area contributed by atoms with Crippen LogP contribution in [0, 0.1) is 20.2 Å². The molecule has 0 heterocycles. The van der Waals surface area contributed by atoms with Gasteiger partial charge in [-0.25, -0.2) is 9.59 Å². The summed E-state index contributed by atoms with van der Waals surface area (Å²) in [7, 11) is 1.18. The maximum Gasteiger partial charge on any atom is 0.344 e. The highest BCUT2D eigenvalue weighted by atomic mass is 79.9. The number of hydrogen-bond acceptors (Lipinski definition) is 8. The first-order chi connectivity index (χ1) is 14.1. The van der Waals surface area contributed by atoms with E-state index in [2.05, 4.69) is 36.6 Å². The number of hydrogen-bond donors (Lipinski definition) is 1. The second-order valence-corrected chi connectivity index (χ2v) is 8.28. The van der Waals surface area contributed by atoms with Gasteiger partial charge in [0.25, 0.3) is 11.4 Å². The Morgan fingerprint density at radius 2 is 1.57 bits per heavy atom. The van der Waals surface area contributed by atoms with Gasteiger partial charge in [-0.3, -0.25) is 25.0 Å². The van der Waals surface area contributed by atoms with E-state index in [0.717, 1.165) is 6.07 Å². The summed E-state index contributed by atoms with van der Waals surface area (Å²) >= 11 is 6.33. The fraction of sp³-hybridized carbons (Fsp3) is 0.118. The maximum absolute atomic E-state index is 11.4. The van der Waals surface area contributed by atoms with Gasteiger partial charge in [0, 0.05) is 0 Å². The quantitative estimate of drug-likeness (QED) is 0.182. The molecule has 2 rings (SSSR count). The fourth-order valence-electron chi connectivity index (χ4n) is 2.25. The van der Waals surface area contributed by atoms with Gasteiger partial charge < -0.3 is 9.84 Å².